The van der Waals surface area contributed by atoms with E-state index in [-0.39, 0.29) is 11.6 Å². The molecule has 1 unspecified atom stereocenters. The highest BCUT2D eigenvalue weighted by Gasteiger charge is 2.26. The van der Waals surface area contributed by atoms with Crippen molar-refractivity contribution < 1.29 is 0 Å². The topological polar surface area (TPSA) is 57.8 Å². The van der Waals surface area contributed by atoms with Crippen LogP contribution in [0.4, 0.5) is 5.82 Å². The third-order valence-corrected chi connectivity index (χ3v) is 3.71. The minimum Gasteiger partial charge on any atom is -0.363 e. The van der Waals surface area contributed by atoms with Gasteiger partial charge in [0.2, 0.25) is 0 Å². The molecule has 1 aromatic heterocycles. The van der Waals surface area contributed by atoms with E-state index in [9.17, 15) is 4.79 Å². The van der Waals surface area contributed by atoms with Crippen LogP contribution in [0.15, 0.2) is 35.1 Å². The van der Waals surface area contributed by atoms with Crippen LogP contribution in [0.25, 0.3) is 0 Å². The van der Waals surface area contributed by atoms with E-state index >= 15 is 0 Å². The second kappa shape index (κ2) is 5.29. The molecule has 5 heteroatoms. The molecule has 4 nitrogen and oxygen atoms in total. The van der Waals surface area contributed by atoms with Crippen LogP contribution in [0.1, 0.15) is 43.1 Å². The van der Waals surface area contributed by atoms with Crippen molar-refractivity contribution in [3.63, 3.8) is 0 Å². The fourth-order valence-electron chi connectivity index (χ4n) is 2.16. The molecule has 0 amide bonds. The van der Waals surface area contributed by atoms with Crippen LogP contribution in [-0.4, -0.2) is 9.97 Å². The molecule has 0 bridgehead atoms. The van der Waals surface area contributed by atoms with Crippen molar-refractivity contribution >= 4 is 17.4 Å². The lowest BCUT2D eigenvalue weighted by Gasteiger charge is -2.15. The minimum atomic E-state index is -0.104. The smallest absolute Gasteiger partial charge is 0.252 e. The Morgan fingerprint density at radius 3 is 2.70 bits per heavy atom. The second-order valence-corrected chi connectivity index (χ2v) is 5.64. The van der Waals surface area contributed by atoms with Crippen molar-refractivity contribution in [3.05, 3.63) is 57.1 Å². The Bertz CT molecular complexity index is 662. The van der Waals surface area contributed by atoms with E-state index in [1.165, 1.54) is 6.07 Å². The van der Waals surface area contributed by atoms with E-state index in [1.54, 1.807) is 0 Å². The van der Waals surface area contributed by atoms with Gasteiger partial charge in [-0.05, 0) is 37.5 Å². The van der Waals surface area contributed by atoms with Gasteiger partial charge in [0.1, 0.15) is 11.6 Å². The Kier molecular flexibility index (Phi) is 3.49. The van der Waals surface area contributed by atoms with E-state index < -0.39 is 0 Å². The molecule has 2 N–H and O–H groups in total. The molecular formula is C15H16ClN3O. The minimum absolute atomic E-state index is 0.0635. The van der Waals surface area contributed by atoms with Gasteiger partial charge in [0.25, 0.3) is 5.56 Å². The molecule has 0 aliphatic heterocycles. The highest BCUT2D eigenvalue weighted by atomic mass is 35.5. The van der Waals surface area contributed by atoms with Crippen molar-refractivity contribution in [1.29, 1.82) is 0 Å². The molecule has 1 atom stereocenters. The number of nitrogens with zero attached hydrogens (tertiary/aromatic N) is 1. The molecule has 1 aromatic carbocycles. The van der Waals surface area contributed by atoms with Gasteiger partial charge < -0.3 is 10.3 Å². The summed E-state index contributed by atoms with van der Waals surface area (Å²) in [4.78, 5) is 18.9. The number of hydrogen-bond donors (Lipinski definition) is 2. The number of H-pyrrole nitrogens is 1. The first-order valence-corrected chi connectivity index (χ1v) is 7.13. The number of anilines is 1. The van der Waals surface area contributed by atoms with E-state index in [0.29, 0.717) is 16.8 Å². The fourth-order valence-corrected chi connectivity index (χ4v) is 2.28. The highest BCUT2D eigenvalue weighted by molar-refractivity contribution is 6.30. The van der Waals surface area contributed by atoms with Gasteiger partial charge in [-0.3, -0.25) is 4.79 Å². The number of benzene rings is 1. The maximum atomic E-state index is 11.7. The summed E-state index contributed by atoms with van der Waals surface area (Å²) in [5.41, 5.74) is 0.997. The predicted molar refractivity (Wildman–Crippen MR) is 80.3 cm³/mol. The Labute approximate surface area is 122 Å². The largest absolute Gasteiger partial charge is 0.363 e. The first kappa shape index (κ1) is 13.2. The molecule has 0 spiro atoms. The average molecular weight is 290 g/mol. The molecule has 1 fully saturated rings. The summed E-state index contributed by atoms with van der Waals surface area (Å²) < 4.78 is 0. The van der Waals surface area contributed by atoms with Crippen molar-refractivity contribution in [3.8, 4) is 0 Å². The third-order valence-electron chi connectivity index (χ3n) is 3.46. The summed E-state index contributed by atoms with van der Waals surface area (Å²) in [6.45, 7) is 2.03. The number of hydrogen-bond acceptors (Lipinski definition) is 3. The van der Waals surface area contributed by atoms with Gasteiger partial charge in [0.15, 0.2) is 0 Å². The lowest BCUT2D eigenvalue weighted by atomic mass is 10.1. The van der Waals surface area contributed by atoms with Crippen LogP contribution in [0, 0.1) is 0 Å². The molecule has 3 rings (SSSR count). The summed E-state index contributed by atoms with van der Waals surface area (Å²) in [7, 11) is 0. The molecule has 1 aliphatic rings. The number of halogens is 1. The molecule has 1 heterocycles. The van der Waals surface area contributed by atoms with Gasteiger partial charge in [0.05, 0.1) is 0 Å². The molecule has 0 radical (unpaired) electrons. The van der Waals surface area contributed by atoms with E-state index in [2.05, 4.69) is 15.3 Å². The maximum Gasteiger partial charge on any atom is 0.252 e. The van der Waals surface area contributed by atoms with Crippen LogP contribution in [0.2, 0.25) is 5.02 Å². The van der Waals surface area contributed by atoms with Crippen LogP contribution in [0.3, 0.4) is 0 Å². The molecule has 1 saturated carbocycles. The van der Waals surface area contributed by atoms with Gasteiger partial charge in [0, 0.05) is 23.0 Å². The lowest BCUT2D eigenvalue weighted by molar-refractivity contribution is 0.848. The molecule has 0 saturated heterocycles. The Balaban J connectivity index is 1.79. The normalized spacial score (nSPS) is 15.9. The summed E-state index contributed by atoms with van der Waals surface area (Å²) in [6.07, 6.45) is 2.22. The fraction of sp³-hybridized carbons (Fsp3) is 0.333. The monoisotopic (exact) mass is 289 g/mol. The summed E-state index contributed by atoms with van der Waals surface area (Å²) in [5.74, 6) is 1.84. The zero-order valence-corrected chi connectivity index (χ0v) is 11.9. The quantitative estimate of drug-likeness (QED) is 0.906. The zero-order valence-electron chi connectivity index (χ0n) is 11.2. The third kappa shape index (κ3) is 3.02. The van der Waals surface area contributed by atoms with Crippen molar-refractivity contribution in [1.82, 2.24) is 9.97 Å². The Morgan fingerprint density at radius 2 is 2.05 bits per heavy atom. The Hall–Kier alpha value is -1.81. The van der Waals surface area contributed by atoms with Crippen LogP contribution < -0.4 is 10.9 Å². The van der Waals surface area contributed by atoms with Crippen molar-refractivity contribution in [2.24, 2.45) is 0 Å². The van der Waals surface area contributed by atoms with Crippen LogP contribution in [-0.2, 0) is 0 Å². The van der Waals surface area contributed by atoms with Crippen LogP contribution >= 0.6 is 11.6 Å². The number of aromatic amines is 1. The highest BCUT2D eigenvalue weighted by Crippen LogP contribution is 2.37. The molecule has 104 valence electrons. The first-order chi connectivity index (χ1) is 9.61. The van der Waals surface area contributed by atoms with Crippen LogP contribution in [0.5, 0.6) is 0 Å². The Morgan fingerprint density at radius 1 is 1.35 bits per heavy atom. The van der Waals surface area contributed by atoms with E-state index in [4.69, 9.17) is 11.6 Å². The maximum absolute atomic E-state index is 11.7. The van der Waals surface area contributed by atoms with E-state index in [0.717, 1.165) is 24.2 Å². The predicted octanol–water partition coefficient (Wildman–Crippen LogP) is 3.47. The van der Waals surface area contributed by atoms with E-state index in [1.807, 2.05) is 31.2 Å². The van der Waals surface area contributed by atoms with Gasteiger partial charge >= 0.3 is 0 Å². The van der Waals surface area contributed by atoms with Crippen molar-refractivity contribution in [2.75, 3.05) is 5.32 Å². The second-order valence-electron chi connectivity index (χ2n) is 5.21. The summed E-state index contributed by atoms with van der Waals surface area (Å²) in [5, 5.41) is 3.98. The number of rotatable bonds is 4. The van der Waals surface area contributed by atoms with Gasteiger partial charge in [-0.25, -0.2) is 4.98 Å². The first-order valence-electron chi connectivity index (χ1n) is 6.75. The van der Waals surface area contributed by atoms with Gasteiger partial charge in [-0.15, -0.1) is 0 Å². The molecule has 20 heavy (non-hydrogen) atoms. The van der Waals surface area contributed by atoms with Gasteiger partial charge in [-0.2, -0.15) is 0 Å². The standard InChI is InChI=1S/C15H16ClN3O/c1-9(10-4-6-12(16)7-5-10)17-13-8-14(20)19-15(18-13)11-2-3-11/h4-9,11H,2-3H2,1H3,(H2,17,18,19,20). The SMILES string of the molecule is CC(Nc1cc(=O)[nH]c(C2CC2)n1)c1ccc(Cl)cc1. The molecular weight excluding hydrogens is 274 g/mol. The van der Waals surface area contributed by atoms with Gasteiger partial charge in [-0.1, -0.05) is 23.7 Å². The molecule has 1 aliphatic carbocycles. The lowest BCUT2D eigenvalue weighted by Crippen LogP contribution is -2.15. The van der Waals surface area contributed by atoms with Crippen molar-refractivity contribution in [2.45, 2.75) is 31.7 Å². The summed E-state index contributed by atoms with van der Waals surface area (Å²) >= 11 is 5.88. The average Bonchev–Trinajstić information content (AvgIpc) is 3.23. The number of nitrogens with one attached hydrogen (secondary N) is 2. The zero-order chi connectivity index (χ0) is 14.1. The number of aromatic nitrogens is 2. The summed E-state index contributed by atoms with van der Waals surface area (Å²) in [6, 6.07) is 9.21. The molecule has 2 aromatic rings.